The second kappa shape index (κ2) is 7.53. The third-order valence-corrected chi connectivity index (χ3v) is 4.57. The van der Waals surface area contributed by atoms with Gasteiger partial charge in [-0.3, -0.25) is 9.89 Å². The number of hydrogen-bond acceptors (Lipinski definition) is 3. The summed E-state index contributed by atoms with van der Waals surface area (Å²) in [4.78, 5) is 18.8. The third kappa shape index (κ3) is 4.27. The maximum atomic E-state index is 12.7. The molecule has 118 valence electrons. The fourth-order valence-electron chi connectivity index (χ4n) is 2.20. The van der Waals surface area contributed by atoms with Crippen LogP contribution in [0.2, 0.25) is 5.02 Å². The highest BCUT2D eigenvalue weighted by atomic mass is 35.5. The van der Waals surface area contributed by atoms with Crippen LogP contribution in [0.25, 0.3) is 0 Å². The molecule has 4 nitrogen and oxygen atoms in total. The molecule has 0 fully saturated rings. The Hall–Kier alpha value is -1.98. The fourth-order valence-corrected chi connectivity index (χ4v) is 3.18. The standard InChI is InChI=1S/C17H16ClN3OS/c18-14-6-8-15(9-7-14)20-16(22)21(17-19-10-11-23-17)12-13-4-2-1-3-5-13/h1-9H,10-12H2,(H,20,22). The van der Waals surface area contributed by atoms with Crippen molar-refractivity contribution in [1.29, 1.82) is 0 Å². The van der Waals surface area contributed by atoms with Gasteiger partial charge in [-0.15, -0.1) is 0 Å². The average molecular weight is 346 g/mol. The van der Waals surface area contributed by atoms with Crippen LogP contribution in [0.5, 0.6) is 0 Å². The molecule has 0 aromatic heterocycles. The number of halogens is 1. The number of anilines is 1. The number of amidine groups is 1. The molecule has 0 saturated carbocycles. The van der Waals surface area contributed by atoms with E-state index < -0.39 is 0 Å². The summed E-state index contributed by atoms with van der Waals surface area (Å²) in [5.74, 6) is 0.912. The zero-order valence-electron chi connectivity index (χ0n) is 12.4. The van der Waals surface area contributed by atoms with E-state index in [1.54, 1.807) is 40.9 Å². The molecule has 0 radical (unpaired) electrons. The van der Waals surface area contributed by atoms with Crippen molar-refractivity contribution in [2.75, 3.05) is 17.6 Å². The molecule has 0 atom stereocenters. The SMILES string of the molecule is O=C(Nc1ccc(Cl)cc1)N(Cc1ccccc1)C1=NCCS1. The van der Waals surface area contributed by atoms with Gasteiger partial charge in [-0.1, -0.05) is 53.7 Å². The largest absolute Gasteiger partial charge is 0.328 e. The smallest absolute Gasteiger partial charge is 0.307 e. The fraction of sp³-hybridized carbons (Fsp3) is 0.176. The molecule has 1 N–H and O–H groups in total. The number of aliphatic imine (C=N–C) groups is 1. The van der Waals surface area contributed by atoms with Gasteiger partial charge >= 0.3 is 6.03 Å². The molecular weight excluding hydrogens is 330 g/mol. The Kier molecular flexibility index (Phi) is 5.20. The monoisotopic (exact) mass is 345 g/mol. The van der Waals surface area contributed by atoms with Gasteiger partial charge in [0.25, 0.3) is 0 Å². The number of urea groups is 1. The minimum atomic E-state index is -0.190. The van der Waals surface area contributed by atoms with Crippen LogP contribution in [0.15, 0.2) is 59.6 Å². The number of thioether (sulfide) groups is 1. The van der Waals surface area contributed by atoms with Gasteiger partial charge in [-0.2, -0.15) is 0 Å². The molecule has 2 aromatic rings. The third-order valence-electron chi connectivity index (χ3n) is 3.32. The summed E-state index contributed by atoms with van der Waals surface area (Å²) in [5.41, 5.74) is 1.77. The molecule has 2 aromatic carbocycles. The predicted octanol–water partition coefficient (Wildman–Crippen LogP) is 4.48. The Morgan fingerprint density at radius 3 is 2.57 bits per heavy atom. The van der Waals surface area contributed by atoms with E-state index in [0.717, 1.165) is 23.0 Å². The average Bonchev–Trinajstić information content (AvgIpc) is 3.10. The molecule has 0 bridgehead atoms. The first-order valence-corrected chi connectivity index (χ1v) is 8.64. The summed E-state index contributed by atoms with van der Waals surface area (Å²) < 4.78 is 0. The number of amides is 2. The lowest BCUT2D eigenvalue weighted by atomic mass is 10.2. The molecule has 2 amide bonds. The highest BCUT2D eigenvalue weighted by Gasteiger charge is 2.23. The number of nitrogens with one attached hydrogen (secondary N) is 1. The molecule has 0 saturated heterocycles. The first kappa shape index (κ1) is 15.9. The van der Waals surface area contributed by atoms with Crippen molar-refractivity contribution < 1.29 is 4.79 Å². The molecule has 0 aliphatic carbocycles. The lowest BCUT2D eigenvalue weighted by Gasteiger charge is -2.22. The maximum Gasteiger partial charge on any atom is 0.328 e. The van der Waals surface area contributed by atoms with Crippen LogP contribution in [0.3, 0.4) is 0 Å². The van der Waals surface area contributed by atoms with Crippen LogP contribution in [0.1, 0.15) is 5.56 Å². The van der Waals surface area contributed by atoms with Gasteiger partial charge in [0.2, 0.25) is 0 Å². The Morgan fingerprint density at radius 2 is 1.91 bits per heavy atom. The molecule has 1 aliphatic rings. The number of carbonyl (C=O) groups excluding carboxylic acids is 1. The van der Waals surface area contributed by atoms with Gasteiger partial charge in [0, 0.05) is 16.5 Å². The van der Waals surface area contributed by atoms with E-state index in [4.69, 9.17) is 11.6 Å². The van der Waals surface area contributed by atoms with Gasteiger partial charge < -0.3 is 5.32 Å². The number of carbonyl (C=O) groups is 1. The van der Waals surface area contributed by atoms with Crippen molar-refractivity contribution in [2.24, 2.45) is 4.99 Å². The van der Waals surface area contributed by atoms with E-state index in [0.29, 0.717) is 17.3 Å². The molecular formula is C17H16ClN3OS. The van der Waals surface area contributed by atoms with E-state index >= 15 is 0 Å². The van der Waals surface area contributed by atoms with Crippen LogP contribution >= 0.6 is 23.4 Å². The Bertz CT molecular complexity index is 704. The van der Waals surface area contributed by atoms with Crippen molar-refractivity contribution >= 4 is 40.2 Å². The number of rotatable bonds is 3. The van der Waals surface area contributed by atoms with Crippen LogP contribution in [0, 0.1) is 0 Å². The summed E-state index contributed by atoms with van der Waals surface area (Å²) >= 11 is 7.48. The Labute approximate surface area is 144 Å². The molecule has 0 unspecified atom stereocenters. The molecule has 1 heterocycles. The normalized spacial score (nSPS) is 13.5. The minimum Gasteiger partial charge on any atom is -0.307 e. The van der Waals surface area contributed by atoms with Crippen LogP contribution in [0.4, 0.5) is 10.5 Å². The van der Waals surface area contributed by atoms with Crippen LogP contribution in [-0.2, 0) is 6.54 Å². The summed E-state index contributed by atoms with van der Waals surface area (Å²) in [6, 6.07) is 16.8. The van der Waals surface area contributed by atoms with Gasteiger partial charge in [0.05, 0.1) is 13.1 Å². The summed E-state index contributed by atoms with van der Waals surface area (Å²) in [6.45, 7) is 1.24. The molecule has 0 spiro atoms. The number of benzene rings is 2. The van der Waals surface area contributed by atoms with Crippen molar-refractivity contribution in [3.05, 3.63) is 65.2 Å². The topological polar surface area (TPSA) is 44.7 Å². The van der Waals surface area contributed by atoms with E-state index in [1.807, 2.05) is 30.3 Å². The zero-order chi connectivity index (χ0) is 16.1. The summed E-state index contributed by atoms with van der Waals surface area (Å²) in [6.07, 6.45) is 0. The van der Waals surface area contributed by atoms with E-state index in [2.05, 4.69) is 10.3 Å². The second-order valence-electron chi connectivity index (χ2n) is 5.02. The first-order valence-electron chi connectivity index (χ1n) is 7.27. The highest BCUT2D eigenvalue weighted by Crippen LogP contribution is 2.20. The van der Waals surface area contributed by atoms with Crippen LogP contribution < -0.4 is 5.32 Å². The first-order chi connectivity index (χ1) is 11.2. The maximum absolute atomic E-state index is 12.7. The lowest BCUT2D eigenvalue weighted by molar-refractivity contribution is 0.233. The zero-order valence-corrected chi connectivity index (χ0v) is 14.0. The summed E-state index contributed by atoms with van der Waals surface area (Å²) in [5, 5.41) is 4.30. The Balaban J connectivity index is 1.77. The van der Waals surface area contributed by atoms with Gasteiger partial charge in [-0.25, -0.2) is 4.79 Å². The van der Waals surface area contributed by atoms with Crippen molar-refractivity contribution in [3.8, 4) is 0 Å². The summed E-state index contributed by atoms with van der Waals surface area (Å²) in [7, 11) is 0. The van der Waals surface area contributed by atoms with Gasteiger partial charge in [-0.05, 0) is 29.8 Å². The number of hydrogen-bond donors (Lipinski definition) is 1. The van der Waals surface area contributed by atoms with Crippen molar-refractivity contribution in [3.63, 3.8) is 0 Å². The molecule has 6 heteroatoms. The lowest BCUT2D eigenvalue weighted by Crippen LogP contribution is -2.37. The van der Waals surface area contributed by atoms with Crippen molar-refractivity contribution in [2.45, 2.75) is 6.54 Å². The molecule has 1 aliphatic heterocycles. The highest BCUT2D eigenvalue weighted by molar-refractivity contribution is 8.14. The minimum absolute atomic E-state index is 0.190. The molecule has 23 heavy (non-hydrogen) atoms. The quantitative estimate of drug-likeness (QED) is 0.891. The van der Waals surface area contributed by atoms with E-state index in [9.17, 15) is 4.79 Å². The van der Waals surface area contributed by atoms with Gasteiger partial charge in [0.15, 0.2) is 5.17 Å². The number of nitrogens with zero attached hydrogens (tertiary/aromatic N) is 2. The van der Waals surface area contributed by atoms with E-state index in [-0.39, 0.29) is 6.03 Å². The van der Waals surface area contributed by atoms with E-state index in [1.165, 1.54) is 0 Å². The van der Waals surface area contributed by atoms with Gasteiger partial charge in [0.1, 0.15) is 0 Å². The molecule has 3 rings (SSSR count). The van der Waals surface area contributed by atoms with Crippen molar-refractivity contribution in [1.82, 2.24) is 4.90 Å². The Morgan fingerprint density at radius 1 is 1.17 bits per heavy atom. The predicted molar refractivity (Wildman–Crippen MR) is 97.2 cm³/mol. The van der Waals surface area contributed by atoms with Crippen LogP contribution in [-0.4, -0.2) is 28.4 Å². The second-order valence-corrected chi connectivity index (χ2v) is 6.52.